The zero-order valence-corrected chi connectivity index (χ0v) is 9.54. The molecule has 0 bridgehead atoms. The van der Waals surface area contributed by atoms with Gasteiger partial charge in [0.15, 0.2) is 0 Å². The Morgan fingerprint density at radius 2 is 2.25 bits per heavy atom. The second-order valence-electron chi connectivity index (χ2n) is 4.23. The molecule has 0 spiro atoms. The average Bonchev–Trinajstić information content (AvgIpc) is 2.84. The van der Waals surface area contributed by atoms with E-state index in [1.54, 1.807) is 0 Å². The van der Waals surface area contributed by atoms with Crippen molar-refractivity contribution in [1.29, 1.82) is 0 Å². The molecule has 0 saturated heterocycles. The molecule has 1 aliphatic rings. The second kappa shape index (κ2) is 3.45. The Morgan fingerprint density at radius 1 is 1.38 bits per heavy atom. The molecule has 3 heterocycles. The lowest BCUT2D eigenvalue weighted by Crippen LogP contribution is -2.23. The van der Waals surface area contributed by atoms with Crippen molar-refractivity contribution in [1.82, 2.24) is 25.3 Å². The number of hydrogen-bond acceptors (Lipinski definition) is 3. The maximum absolute atomic E-state index is 4.65. The molecule has 0 saturated carbocycles. The van der Waals surface area contributed by atoms with Crippen LogP contribution in [0, 0.1) is 13.8 Å². The Kier molecular flexibility index (Phi) is 2.07. The maximum atomic E-state index is 4.65. The maximum Gasteiger partial charge on any atom is 0.105 e. The van der Waals surface area contributed by atoms with Crippen LogP contribution in [0.1, 0.15) is 22.6 Å². The van der Waals surface area contributed by atoms with Gasteiger partial charge in [0.1, 0.15) is 5.69 Å². The molecule has 2 aromatic heterocycles. The molecule has 2 N–H and O–H groups in total. The van der Waals surface area contributed by atoms with Crippen molar-refractivity contribution in [2.75, 3.05) is 6.54 Å². The van der Waals surface area contributed by atoms with Crippen LogP contribution in [0.5, 0.6) is 0 Å². The number of nitrogens with zero attached hydrogens (tertiary/aromatic N) is 3. The number of nitrogens with one attached hydrogen (secondary N) is 2. The zero-order chi connectivity index (χ0) is 11.1. The van der Waals surface area contributed by atoms with Crippen molar-refractivity contribution in [2.24, 2.45) is 0 Å². The highest BCUT2D eigenvalue weighted by molar-refractivity contribution is 5.39. The van der Waals surface area contributed by atoms with Gasteiger partial charge in [0.05, 0.1) is 17.6 Å². The first kappa shape index (κ1) is 9.59. The Hall–Kier alpha value is -1.62. The summed E-state index contributed by atoms with van der Waals surface area (Å²) in [5.41, 5.74) is 5.90. The van der Waals surface area contributed by atoms with E-state index in [9.17, 15) is 0 Å². The highest BCUT2D eigenvalue weighted by atomic mass is 15.3. The predicted molar refractivity (Wildman–Crippen MR) is 60.6 cm³/mol. The van der Waals surface area contributed by atoms with Gasteiger partial charge in [0, 0.05) is 12.2 Å². The minimum absolute atomic E-state index is 0.875. The fourth-order valence-corrected chi connectivity index (χ4v) is 2.27. The molecule has 16 heavy (non-hydrogen) atoms. The van der Waals surface area contributed by atoms with Crippen molar-refractivity contribution in [3.63, 3.8) is 0 Å². The predicted octanol–water partition coefficient (Wildman–Crippen LogP) is 0.858. The lowest BCUT2D eigenvalue weighted by atomic mass is 10.1. The van der Waals surface area contributed by atoms with Gasteiger partial charge < -0.3 is 5.32 Å². The summed E-state index contributed by atoms with van der Waals surface area (Å²) in [5, 5.41) is 15.0. The van der Waals surface area contributed by atoms with Crippen LogP contribution >= 0.6 is 0 Å². The van der Waals surface area contributed by atoms with Gasteiger partial charge in [-0.2, -0.15) is 10.2 Å². The van der Waals surface area contributed by atoms with Gasteiger partial charge in [-0.05, 0) is 32.4 Å². The van der Waals surface area contributed by atoms with Crippen LogP contribution in [0.15, 0.2) is 6.20 Å². The van der Waals surface area contributed by atoms with E-state index in [1.807, 2.05) is 17.8 Å². The Morgan fingerprint density at radius 3 is 2.94 bits per heavy atom. The van der Waals surface area contributed by atoms with Crippen LogP contribution in [-0.2, 0) is 13.0 Å². The van der Waals surface area contributed by atoms with Gasteiger partial charge >= 0.3 is 0 Å². The van der Waals surface area contributed by atoms with Gasteiger partial charge in [0.2, 0.25) is 0 Å². The van der Waals surface area contributed by atoms with E-state index < -0.39 is 0 Å². The minimum Gasteiger partial charge on any atom is -0.311 e. The van der Waals surface area contributed by atoms with Crippen molar-refractivity contribution >= 4 is 0 Å². The first-order chi connectivity index (χ1) is 7.77. The molecule has 0 atom stereocenters. The fourth-order valence-electron chi connectivity index (χ4n) is 2.27. The van der Waals surface area contributed by atoms with E-state index in [4.69, 9.17) is 0 Å². The summed E-state index contributed by atoms with van der Waals surface area (Å²) >= 11 is 0. The van der Waals surface area contributed by atoms with Crippen LogP contribution in [0.3, 0.4) is 0 Å². The van der Waals surface area contributed by atoms with Gasteiger partial charge in [-0.25, -0.2) is 4.68 Å². The normalized spacial score (nSPS) is 15.1. The molecular weight excluding hydrogens is 202 g/mol. The van der Waals surface area contributed by atoms with Crippen molar-refractivity contribution in [3.05, 3.63) is 28.8 Å². The molecular formula is C11H15N5. The third kappa shape index (κ3) is 1.28. The summed E-state index contributed by atoms with van der Waals surface area (Å²) in [6.07, 6.45) is 2.90. The number of aryl methyl sites for hydroxylation is 1. The van der Waals surface area contributed by atoms with Gasteiger partial charge in [-0.15, -0.1) is 0 Å². The summed E-state index contributed by atoms with van der Waals surface area (Å²) in [4.78, 5) is 0. The number of aromatic amines is 1. The minimum atomic E-state index is 0.875. The lowest BCUT2D eigenvalue weighted by molar-refractivity contribution is 0.629. The van der Waals surface area contributed by atoms with E-state index in [1.165, 1.54) is 17.0 Å². The van der Waals surface area contributed by atoms with E-state index >= 15 is 0 Å². The summed E-state index contributed by atoms with van der Waals surface area (Å²) in [6.45, 7) is 6.06. The van der Waals surface area contributed by atoms with Crippen LogP contribution in [-0.4, -0.2) is 26.5 Å². The van der Waals surface area contributed by atoms with E-state index in [-0.39, 0.29) is 0 Å². The molecule has 0 fully saturated rings. The SMILES string of the molecule is Cc1[nH]ncc1-n1nc2c(c1C)CCNC2. The first-order valence-electron chi connectivity index (χ1n) is 5.56. The van der Waals surface area contributed by atoms with Crippen LogP contribution in [0.25, 0.3) is 5.69 Å². The molecule has 0 unspecified atom stereocenters. The van der Waals surface area contributed by atoms with Crippen molar-refractivity contribution < 1.29 is 0 Å². The third-order valence-electron chi connectivity index (χ3n) is 3.20. The first-order valence-corrected chi connectivity index (χ1v) is 5.56. The summed E-state index contributed by atoms with van der Waals surface area (Å²) < 4.78 is 2.00. The molecule has 2 aromatic rings. The van der Waals surface area contributed by atoms with Crippen LogP contribution in [0.4, 0.5) is 0 Å². The van der Waals surface area contributed by atoms with Crippen LogP contribution in [0.2, 0.25) is 0 Å². The summed E-state index contributed by atoms with van der Waals surface area (Å²) in [5.74, 6) is 0. The molecule has 0 aromatic carbocycles. The van der Waals surface area contributed by atoms with E-state index in [0.717, 1.165) is 30.9 Å². The second-order valence-corrected chi connectivity index (χ2v) is 4.23. The van der Waals surface area contributed by atoms with E-state index in [2.05, 4.69) is 27.5 Å². The molecule has 5 heteroatoms. The average molecular weight is 217 g/mol. The highest BCUT2D eigenvalue weighted by Gasteiger charge is 2.19. The Labute approximate surface area is 93.9 Å². The fraction of sp³-hybridized carbons (Fsp3) is 0.455. The molecule has 1 aliphatic heterocycles. The topological polar surface area (TPSA) is 58.5 Å². The number of rotatable bonds is 1. The molecule has 0 amide bonds. The summed E-state index contributed by atoms with van der Waals surface area (Å²) in [7, 11) is 0. The lowest BCUT2D eigenvalue weighted by Gasteiger charge is -2.10. The number of aromatic nitrogens is 4. The molecule has 84 valence electrons. The van der Waals surface area contributed by atoms with Crippen LogP contribution < -0.4 is 5.32 Å². The number of fused-ring (bicyclic) bond motifs is 1. The number of H-pyrrole nitrogens is 1. The van der Waals surface area contributed by atoms with Gasteiger partial charge in [0.25, 0.3) is 0 Å². The Balaban J connectivity index is 2.15. The van der Waals surface area contributed by atoms with Crippen molar-refractivity contribution in [3.8, 4) is 5.69 Å². The molecule has 0 aliphatic carbocycles. The third-order valence-corrected chi connectivity index (χ3v) is 3.20. The van der Waals surface area contributed by atoms with Gasteiger partial charge in [-0.1, -0.05) is 0 Å². The monoisotopic (exact) mass is 217 g/mol. The Bertz CT molecular complexity index is 522. The number of hydrogen-bond donors (Lipinski definition) is 2. The van der Waals surface area contributed by atoms with E-state index in [0.29, 0.717) is 0 Å². The zero-order valence-electron chi connectivity index (χ0n) is 9.54. The van der Waals surface area contributed by atoms with Gasteiger partial charge in [-0.3, -0.25) is 5.10 Å². The molecule has 3 rings (SSSR count). The standard InChI is InChI=1S/C11H15N5/c1-7-11(6-13-14-7)16-8(2)9-3-4-12-5-10(9)15-16/h6,12H,3-5H2,1-2H3,(H,13,14). The summed E-state index contributed by atoms with van der Waals surface area (Å²) in [6, 6.07) is 0. The largest absolute Gasteiger partial charge is 0.311 e. The quantitative estimate of drug-likeness (QED) is 0.744. The van der Waals surface area contributed by atoms with Crippen molar-refractivity contribution in [2.45, 2.75) is 26.8 Å². The smallest absolute Gasteiger partial charge is 0.105 e. The highest BCUT2D eigenvalue weighted by Crippen LogP contribution is 2.21. The molecule has 0 radical (unpaired) electrons. The molecule has 5 nitrogen and oxygen atoms in total.